The molecule has 0 saturated carbocycles. The van der Waals surface area contributed by atoms with Crippen molar-refractivity contribution in [2.45, 2.75) is 13.8 Å². The van der Waals surface area contributed by atoms with Crippen LogP contribution in [-0.4, -0.2) is 11.3 Å². The number of aliphatic hydroxyl groups excluding tert-OH is 1. The van der Waals surface area contributed by atoms with Crippen LogP contribution in [0.2, 0.25) is 0 Å². The molecule has 0 rings (SSSR count). The number of aliphatic hydroxyl groups is 1. The van der Waals surface area contributed by atoms with Crippen molar-refractivity contribution in [1.82, 2.24) is 0 Å². The maximum atomic E-state index is 9.17. The summed E-state index contributed by atoms with van der Waals surface area (Å²) in [6.07, 6.45) is 4.30. The summed E-state index contributed by atoms with van der Waals surface area (Å²) >= 11 is 0. The van der Waals surface area contributed by atoms with Gasteiger partial charge < -0.3 is 10.5 Å². The van der Waals surface area contributed by atoms with Gasteiger partial charge in [0.15, 0.2) is 0 Å². The zero-order valence-corrected chi connectivity index (χ0v) is 6.89. The van der Waals surface area contributed by atoms with Crippen LogP contribution in [0.4, 0.5) is 0 Å². The Kier molecular flexibility index (Phi) is 3.96. The van der Waals surface area contributed by atoms with E-state index in [0.29, 0.717) is 5.57 Å². The van der Waals surface area contributed by atoms with Crippen molar-refractivity contribution in [3.05, 3.63) is 35.6 Å². The molecular formula is C9H13NO. The molecule has 0 heterocycles. The van der Waals surface area contributed by atoms with E-state index >= 15 is 0 Å². The lowest BCUT2D eigenvalue weighted by atomic mass is 10.1. The van der Waals surface area contributed by atoms with Crippen LogP contribution >= 0.6 is 0 Å². The number of hydrogen-bond acceptors (Lipinski definition) is 2. The Bertz CT molecular complexity index is 224. The average molecular weight is 151 g/mol. The van der Waals surface area contributed by atoms with E-state index in [1.165, 1.54) is 0 Å². The average Bonchev–Trinajstić information content (AvgIpc) is 1.98. The van der Waals surface area contributed by atoms with Crippen LogP contribution in [0, 0.1) is 5.41 Å². The Balaban J connectivity index is 4.67. The summed E-state index contributed by atoms with van der Waals surface area (Å²) in [5.41, 5.74) is 1.30. The van der Waals surface area contributed by atoms with Crippen molar-refractivity contribution in [3.8, 4) is 0 Å². The van der Waals surface area contributed by atoms with E-state index in [2.05, 4.69) is 6.58 Å². The van der Waals surface area contributed by atoms with Gasteiger partial charge in [0.05, 0.1) is 0 Å². The first kappa shape index (κ1) is 9.69. The predicted octanol–water partition coefficient (Wildman–Crippen LogP) is 2.60. The van der Waals surface area contributed by atoms with Crippen molar-refractivity contribution in [2.24, 2.45) is 0 Å². The van der Waals surface area contributed by atoms with Crippen LogP contribution in [-0.2, 0) is 0 Å². The molecule has 0 atom stereocenters. The van der Waals surface area contributed by atoms with E-state index in [1.54, 1.807) is 19.1 Å². The van der Waals surface area contributed by atoms with Crippen LogP contribution in [0.5, 0.6) is 0 Å². The van der Waals surface area contributed by atoms with Gasteiger partial charge in [-0.3, -0.25) is 0 Å². The topological polar surface area (TPSA) is 44.1 Å². The highest BCUT2D eigenvalue weighted by Gasteiger charge is 1.96. The van der Waals surface area contributed by atoms with Gasteiger partial charge in [-0.2, -0.15) is 0 Å². The lowest BCUT2D eigenvalue weighted by molar-refractivity contribution is 0.427. The number of hydrogen-bond donors (Lipinski definition) is 2. The number of rotatable bonds is 3. The molecule has 2 N–H and O–H groups in total. The molecule has 11 heavy (non-hydrogen) atoms. The Morgan fingerprint density at radius 3 is 2.36 bits per heavy atom. The summed E-state index contributed by atoms with van der Waals surface area (Å²) in [4.78, 5) is 0. The molecule has 0 fully saturated rings. The third-order valence-electron chi connectivity index (χ3n) is 1.13. The molecule has 60 valence electrons. The SMILES string of the molecule is C=C(C)/C=C(C=N)\C(O)=C/C. The highest BCUT2D eigenvalue weighted by Crippen LogP contribution is 2.06. The second-order valence-electron chi connectivity index (χ2n) is 2.26. The standard InChI is InChI=1S/C9H13NO/c1-4-9(11)8(6-10)5-7(2)3/h4-6,10-11H,2H2,1,3H3/b8-5-,9-4+,10-6?. The predicted molar refractivity (Wildman–Crippen MR) is 48.1 cm³/mol. The molecule has 0 amide bonds. The third kappa shape index (κ3) is 3.40. The van der Waals surface area contributed by atoms with Crippen LogP contribution in [0.15, 0.2) is 35.6 Å². The largest absolute Gasteiger partial charge is 0.508 e. The van der Waals surface area contributed by atoms with Crippen LogP contribution in [0.25, 0.3) is 0 Å². The minimum atomic E-state index is 0.114. The first-order valence-corrected chi connectivity index (χ1v) is 3.35. The monoisotopic (exact) mass is 151 g/mol. The molecule has 0 aromatic carbocycles. The molecule has 0 aromatic heterocycles. The van der Waals surface area contributed by atoms with Gasteiger partial charge >= 0.3 is 0 Å². The first-order chi connectivity index (χ1) is 5.11. The Morgan fingerprint density at radius 2 is 2.09 bits per heavy atom. The normalized spacial score (nSPS) is 12.9. The highest BCUT2D eigenvalue weighted by molar-refractivity contribution is 5.81. The van der Waals surface area contributed by atoms with Crippen molar-refractivity contribution in [3.63, 3.8) is 0 Å². The van der Waals surface area contributed by atoms with Gasteiger partial charge in [-0.05, 0) is 26.0 Å². The summed E-state index contributed by atoms with van der Waals surface area (Å²) in [5.74, 6) is 0.114. The molecule has 0 aliphatic carbocycles. The molecule has 0 aliphatic rings. The van der Waals surface area contributed by atoms with Crippen molar-refractivity contribution < 1.29 is 5.11 Å². The van der Waals surface area contributed by atoms with Crippen LogP contribution < -0.4 is 0 Å². The van der Waals surface area contributed by atoms with Gasteiger partial charge in [-0.1, -0.05) is 12.2 Å². The molecule has 0 unspecified atom stereocenters. The van der Waals surface area contributed by atoms with Gasteiger partial charge in [-0.15, -0.1) is 0 Å². The fraction of sp³-hybridized carbons (Fsp3) is 0.222. The maximum absolute atomic E-state index is 9.17. The van der Waals surface area contributed by atoms with E-state index in [-0.39, 0.29) is 5.76 Å². The second kappa shape index (κ2) is 4.50. The van der Waals surface area contributed by atoms with Gasteiger partial charge in [-0.25, -0.2) is 0 Å². The van der Waals surface area contributed by atoms with E-state index < -0.39 is 0 Å². The lowest BCUT2D eigenvalue weighted by Crippen LogP contribution is -1.89. The van der Waals surface area contributed by atoms with E-state index in [0.717, 1.165) is 11.8 Å². The smallest absolute Gasteiger partial charge is 0.120 e. The lowest BCUT2D eigenvalue weighted by Gasteiger charge is -1.97. The minimum Gasteiger partial charge on any atom is -0.508 e. The Hall–Kier alpha value is -1.31. The second-order valence-corrected chi connectivity index (χ2v) is 2.26. The fourth-order valence-corrected chi connectivity index (χ4v) is 0.622. The molecule has 0 radical (unpaired) electrons. The molecule has 2 heteroatoms. The van der Waals surface area contributed by atoms with Crippen LogP contribution in [0.1, 0.15) is 13.8 Å². The molecule has 0 aromatic rings. The van der Waals surface area contributed by atoms with E-state index in [9.17, 15) is 0 Å². The maximum Gasteiger partial charge on any atom is 0.120 e. The zero-order valence-electron chi connectivity index (χ0n) is 6.89. The summed E-state index contributed by atoms with van der Waals surface area (Å²) in [7, 11) is 0. The zero-order chi connectivity index (χ0) is 8.85. The van der Waals surface area contributed by atoms with E-state index in [1.807, 2.05) is 6.92 Å². The van der Waals surface area contributed by atoms with Gasteiger partial charge in [0.2, 0.25) is 0 Å². The van der Waals surface area contributed by atoms with Crippen molar-refractivity contribution >= 4 is 6.21 Å². The van der Waals surface area contributed by atoms with Crippen molar-refractivity contribution in [1.29, 1.82) is 5.41 Å². The van der Waals surface area contributed by atoms with Crippen molar-refractivity contribution in [2.75, 3.05) is 0 Å². The minimum absolute atomic E-state index is 0.114. The van der Waals surface area contributed by atoms with Gasteiger partial charge in [0.1, 0.15) is 5.76 Å². The van der Waals surface area contributed by atoms with Crippen LogP contribution in [0.3, 0.4) is 0 Å². The summed E-state index contributed by atoms with van der Waals surface area (Å²) in [6.45, 7) is 7.17. The number of allylic oxidation sites excluding steroid dienone is 4. The summed E-state index contributed by atoms with van der Waals surface area (Å²) in [6, 6.07) is 0. The van der Waals surface area contributed by atoms with Gasteiger partial charge in [0.25, 0.3) is 0 Å². The highest BCUT2D eigenvalue weighted by atomic mass is 16.3. The molecule has 0 saturated heterocycles. The first-order valence-electron chi connectivity index (χ1n) is 3.35. The van der Waals surface area contributed by atoms with E-state index in [4.69, 9.17) is 10.5 Å². The summed E-state index contributed by atoms with van der Waals surface area (Å²) in [5, 5.41) is 16.1. The quantitative estimate of drug-likeness (QED) is 0.363. The molecule has 0 aliphatic heterocycles. The molecule has 2 nitrogen and oxygen atoms in total. The molecule has 0 spiro atoms. The number of nitrogens with one attached hydrogen (secondary N) is 1. The Labute approximate surface area is 67.1 Å². The third-order valence-corrected chi connectivity index (χ3v) is 1.13. The Morgan fingerprint density at radius 1 is 1.55 bits per heavy atom. The van der Waals surface area contributed by atoms with Gasteiger partial charge in [0, 0.05) is 11.8 Å². The molecule has 0 bridgehead atoms. The summed E-state index contributed by atoms with van der Waals surface area (Å²) < 4.78 is 0. The molecular weight excluding hydrogens is 138 g/mol. The fourth-order valence-electron chi connectivity index (χ4n) is 0.622.